The molecular weight excluding hydrogens is 497 g/mol. The fourth-order valence-electron chi connectivity index (χ4n) is 4.24. The van der Waals surface area contributed by atoms with Crippen molar-refractivity contribution in [2.45, 2.75) is 55.6 Å². The van der Waals surface area contributed by atoms with E-state index in [0.29, 0.717) is 25.9 Å². The van der Waals surface area contributed by atoms with Crippen LogP contribution >= 0.6 is 23.2 Å². The van der Waals surface area contributed by atoms with E-state index in [1.165, 1.54) is 12.1 Å². The van der Waals surface area contributed by atoms with Gasteiger partial charge in [-0.05, 0) is 49.3 Å². The molecule has 0 saturated carbocycles. The van der Waals surface area contributed by atoms with Crippen LogP contribution in [0.2, 0.25) is 0 Å². The quantitative estimate of drug-likeness (QED) is 0.297. The van der Waals surface area contributed by atoms with Crippen LogP contribution in [0.4, 0.5) is 4.79 Å². The molecule has 2 aromatic rings. The maximum absolute atomic E-state index is 12.8. The fourth-order valence-corrected chi connectivity index (χ4v) is 5.76. The number of alkyl halides is 2. The van der Waals surface area contributed by atoms with Crippen molar-refractivity contribution in [2.75, 3.05) is 13.1 Å². The summed E-state index contributed by atoms with van der Waals surface area (Å²) in [6.07, 6.45) is 0.658. The van der Waals surface area contributed by atoms with E-state index >= 15 is 0 Å². The van der Waals surface area contributed by atoms with Gasteiger partial charge in [0, 0.05) is 13.1 Å². The molecule has 2 aromatic carbocycles. The van der Waals surface area contributed by atoms with E-state index in [1.807, 2.05) is 44.2 Å². The lowest BCUT2D eigenvalue weighted by atomic mass is 9.80. The van der Waals surface area contributed by atoms with E-state index in [-0.39, 0.29) is 29.4 Å². The van der Waals surface area contributed by atoms with E-state index in [9.17, 15) is 13.2 Å². The average molecular weight is 528 g/mol. The van der Waals surface area contributed by atoms with Gasteiger partial charge in [-0.2, -0.15) is 8.42 Å². The summed E-state index contributed by atoms with van der Waals surface area (Å²) in [5.74, 6) is 0.264. The van der Waals surface area contributed by atoms with Crippen LogP contribution < -0.4 is 0 Å². The standard InChI is InChI=1S/C25H31Cl2NO5S/c1-3-20-16-28(25(29)32-17-19-7-5-4-6-8-19)14-13-21(20)15-23(24(26)27)33-34(30,31)22-11-9-18(2)10-12-22/h4-12,20-21,23-24H,3,13-17H2,1-2H3/t20-,21-,23-/m1/s1. The van der Waals surface area contributed by atoms with Crippen molar-refractivity contribution in [1.29, 1.82) is 0 Å². The summed E-state index contributed by atoms with van der Waals surface area (Å²) in [4.78, 5) is 13.4. The van der Waals surface area contributed by atoms with Crippen LogP contribution in [0.5, 0.6) is 0 Å². The molecule has 1 saturated heterocycles. The lowest BCUT2D eigenvalue weighted by molar-refractivity contribution is 0.0524. The minimum Gasteiger partial charge on any atom is -0.445 e. The molecule has 0 unspecified atom stereocenters. The zero-order valence-electron chi connectivity index (χ0n) is 19.4. The number of carbonyl (C=O) groups excluding carboxylic acids is 1. The first-order valence-corrected chi connectivity index (χ1v) is 13.7. The lowest BCUT2D eigenvalue weighted by Gasteiger charge is -2.39. The van der Waals surface area contributed by atoms with E-state index in [2.05, 4.69) is 0 Å². The summed E-state index contributed by atoms with van der Waals surface area (Å²) < 4.78 is 36.5. The monoisotopic (exact) mass is 527 g/mol. The van der Waals surface area contributed by atoms with Crippen molar-refractivity contribution in [3.63, 3.8) is 0 Å². The topological polar surface area (TPSA) is 72.9 Å². The summed E-state index contributed by atoms with van der Waals surface area (Å²) >= 11 is 12.3. The molecule has 1 aliphatic heterocycles. The van der Waals surface area contributed by atoms with Crippen molar-refractivity contribution < 1.29 is 22.1 Å². The van der Waals surface area contributed by atoms with E-state index in [0.717, 1.165) is 17.5 Å². The zero-order valence-corrected chi connectivity index (χ0v) is 21.7. The molecule has 9 heteroatoms. The maximum atomic E-state index is 12.8. The molecule has 34 heavy (non-hydrogen) atoms. The lowest BCUT2D eigenvalue weighted by Crippen LogP contribution is -2.45. The third kappa shape index (κ3) is 7.35. The Kier molecular flexibility index (Phi) is 9.65. The van der Waals surface area contributed by atoms with Crippen LogP contribution in [-0.4, -0.2) is 43.4 Å². The Morgan fingerprint density at radius 2 is 1.76 bits per heavy atom. The van der Waals surface area contributed by atoms with Crippen molar-refractivity contribution >= 4 is 39.4 Å². The van der Waals surface area contributed by atoms with Gasteiger partial charge in [0.1, 0.15) is 17.5 Å². The molecule has 1 fully saturated rings. The molecule has 0 spiro atoms. The molecule has 3 atom stereocenters. The number of likely N-dealkylation sites (tertiary alicyclic amines) is 1. The number of aryl methyl sites for hydroxylation is 1. The Balaban J connectivity index is 1.60. The smallest absolute Gasteiger partial charge is 0.410 e. The predicted molar refractivity (Wildman–Crippen MR) is 133 cm³/mol. The molecule has 0 N–H and O–H groups in total. The Morgan fingerprint density at radius 3 is 2.38 bits per heavy atom. The molecular formula is C25H31Cl2NO5S. The number of hydrogen-bond acceptors (Lipinski definition) is 5. The van der Waals surface area contributed by atoms with Gasteiger partial charge in [-0.15, -0.1) is 23.2 Å². The predicted octanol–water partition coefficient (Wildman–Crippen LogP) is 5.95. The largest absolute Gasteiger partial charge is 0.445 e. The molecule has 0 aromatic heterocycles. The van der Waals surface area contributed by atoms with Crippen LogP contribution in [0.1, 0.15) is 37.3 Å². The number of nitrogens with zero attached hydrogens (tertiary/aromatic N) is 1. The summed E-state index contributed by atoms with van der Waals surface area (Å²) in [6, 6.07) is 16.0. The highest BCUT2D eigenvalue weighted by Gasteiger charge is 2.36. The normalized spacial score (nSPS) is 19.7. The zero-order chi connectivity index (χ0) is 24.7. The fraction of sp³-hybridized carbons (Fsp3) is 0.480. The van der Waals surface area contributed by atoms with Crippen LogP contribution in [0.25, 0.3) is 0 Å². The number of halogens is 2. The van der Waals surface area contributed by atoms with Crippen molar-refractivity contribution in [3.8, 4) is 0 Å². The molecule has 6 nitrogen and oxygen atoms in total. The number of hydrogen-bond donors (Lipinski definition) is 0. The SMILES string of the molecule is CC[C@@H]1CN(C(=O)OCc2ccccc2)CC[C@@H]1C[C@@H](OS(=O)(=O)c1ccc(C)cc1)C(Cl)Cl. The molecule has 1 amide bonds. The molecule has 0 aliphatic carbocycles. The van der Waals surface area contributed by atoms with Gasteiger partial charge < -0.3 is 9.64 Å². The summed E-state index contributed by atoms with van der Waals surface area (Å²) in [5.41, 5.74) is 1.88. The number of carbonyl (C=O) groups is 1. The summed E-state index contributed by atoms with van der Waals surface area (Å²) in [5, 5.41) is 0. The van der Waals surface area contributed by atoms with Crippen LogP contribution in [0.3, 0.4) is 0 Å². The second-order valence-corrected chi connectivity index (χ2v) is 11.4. The van der Waals surface area contributed by atoms with Crippen molar-refractivity contribution in [2.24, 2.45) is 11.8 Å². The first kappa shape index (κ1) is 26.8. The average Bonchev–Trinajstić information content (AvgIpc) is 2.83. The van der Waals surface area contributed by atoms with Gasteiger partial charge in [0.15, 0.2) is 0 Å². The Morgan fingerprint density at radius 1 is 1.09 bits per heavy atom. The Hall–Kier alpha value is -1.80. The Bertz CT molecular complexity index is 1030. The Labute approximate surface area is 212 Å². The summed E-state index contributed by atoms with van der Waals surface area (Å²) in [6.45, 7) is 5.20. The second-order valence-electron chi connectivity index (χ2n) is 8.68. The third-order valence-corrected chi connectivity index (χ3v) is 8.17. The van der Waals surface area contributed by atoms with Crippen LogP contribution in [0, 0.1) is 18.8 Å². The number of piperidine rings is 1. The number of ether oxygens (including phenoxy) is 1. The third-order valence-electron chi connectivity index (χ3n) is 6.26. The minimum absolute atomic E-state index is 0.0695. The molecule has 1 aliphatic rings. The van der Waals surface area contributed by atoms with Gasteiger partial charge in [-0.1, -0.05) is 61.4 Å². The van der Waals surface area contributed by atoms with E-state index in [1.54, 1.807) is 17.0 Å². The maximum Gasteiger partial charge on any atom is 0.410 e. The molecule has 3 rings (SSSR count). The van der Waals surface area contributed by atoms with Gasteiger partial charge in [-0.25, -0.2) is 4.79 Å². The van der Waals surface area contributed by atoms with Gasteiger partial charge in [0.2, 0.25) is 0 Å². The second kappa shape index (κ2) is 12.2. The number of amides is 1. The van der Waals surface area contributed by atoms with Gasteiger partial charge >= 0.3 is 6.09 Å². The van der Waals surface area contributed by atoms with Crippen LogP contribution in [0.15, 0.2) is 59.5 Å². The van der Waals surface area contributed by atoms with Crippen molar-refractivity contribution in [1.82, 2.24) is 4.90 Å². The van der Waals surface area contributed by atoms with Gasteiger partial charge in [0.05, 0.1) is 4.90 Å². The van der Waals surface area contributed by atoms with E-state index < -0.39 is 21.1 Å². The van der Waals surface area contributed by atoms with Gasteiger partial charge in [0.25, 0.3) is 10.1 Å². The molecule has 1 heterocycles. The summed E-state index contributed by atoms with van der Waals surface area (Å²) in [7, 11) is -4.01. The van der Waals surface area contributed by atoms with E-state index in [4.69, 9.17) is 32.1 Å². The van der Waals surface area contributed by atoms with Gasteiger partial charge in [-0.3, -0.25) is 4.18 Å². The molecule has 0 radical (unpaired) electrons. The first-order valence-electron chi connectivity index (χ1n) is 11.4. The number of rotatable bonds is 9. The van der Waals surface area contributed by atoms with Crippen molar-refractivity contribution in [3.05, 3.63) is 65.7 Å². The molecule has 0 bridgehead atoms. The first-order chi connectivity index (χ1) is 16.2. The highest BCUT2D eigenvalue weighted by atomic mass is 35.5. The highest BCUT2D eigenvalue weighted by molar-refractivity contribution is 7.86. The minimum atomic E-state index is -4.01. The number of benzene rings is 2. The molecule has 186 valence electrons. The highest BCUT2D eigenvalue weighted by Crippen LogP contribution is 2.34. The van der Waals surface area contributed by atoms with Crippen LogP contribution in [-0.2, 0) is 25.6 Å².